The highest BCUT2D eigenvalue weighted by Crippen LogP contribution is 2.65. The van der Waals surface area contributed by atoms with Gasteiger partial charge in [-0.25, -0.2) is 13.2 Å². The van der Waals surface area contributed by atoms with Crippen LogP contribution >= 0.6 is 0 Å². The number of rotatable bonds is 10. The van der Waals surface area contributed by atoms with Gasteiger partial charge in [0, 0.05) is 25.4 Å². The van der Waals surface area contributed by atoms with Gasteiger partial charge in [-0.2, -0.15) is 0 Å². The van der Waals surface area contributed by atoms with Gasteiger partial charge in [0.1, 0.15) is 17.6 Å². The molecule has 0 aromatic rings. The average molecular weight is 708 g/mol. The molecule has 0 aromatic carbocycles. The number of ketones is 1. The molecule has 0 spiro atoms. The van der Waals surface area contributed by atoms with Crippen molar-refractivity contribution in [3.63, 3.8) is 0 Å². The number of nitrogens with zero attached hydrogens (tertiary/aromatic N) is 1. The van der Waals surface area contributed by atoms with Crippen molar-refractivity contribution in [1.82, 2.24) is 26.2 Å². The molecule has 0 unspecified atom stereocenters. The summed E-state index contributed by atoms with van der Waals surface area (Å²) in [4.78, 5) is 69.9. The quantitative estimate of drug-likeness (QED) is 0.213. The number of Topliss-reactive ketones (excluding diaryl/α,β-unsaturated/α-hetero) is 1. The molecular weight excluding hydrogens is 650 g/mol. The van der Waals surface area contributed by atoms with Crippen LogP contribution in [0.3, 0.4) is 0 Å². The lowest BCUT2D eigenvalue weighted by atomic mass is 9.70. The molecule has 13 nitrogen and oxygen atoms in total. The van der Waals surface area contributed by atoms with Gasteiger partial charge >= 0.3 is 6.03 Å². The fourth-order valence-corrected chi connectivity index (χ4v) is 9.77. The number of carbonyl (C=O) groups excluding carboxylic acids is 5. The van der Waals surface area contributed by atoms with E-state index in [-0.39, 0.29) is 48.4 Å². The van der Waals surface area contributed by atoms with E-state index in [1.165, 1.54) is 4.90 Å². The van der Waals surface area contributed by atoms with Crippen LogP contribution in [0.1, 0.15) is 113 Å². The number of urea groups is 1. The van der Waals surface area contributed by atoms with Crippen LogP contribution < -0.4 is 21.3 Å². The van der Waals surface area contributed by atoms with Crippen LogP contribution in [0.5, 0.6) is 0 Å². The Morgan fingerprint density at radius 2 is 1.51 bits per heavy atom. The number of sulfone groups is 1. The Hall–Kier alpha value is -2.74. The van der Waals surface area contributed by atoms with Gasteiger partial charge in [0.25, 0.3) is 5.91 Å². The number of aliphatic hydroxyl groups is 1. The SMILES string of the molecule is CC(C)(C)[C@H](NC(=O)NC1(CS(=O)(=O)C(C)(C)C)CCCCC1)C(=O)N1C[C@H]2[C@@H]([C@H]1C(=O)NC1(C(=O)C(=O)NC3CC3)CC(O)C1)C2(C)C. The second kappa shape index (κ2) is 12.5. The molecular formula is C35H57N5O8S. The van der Waals surface area contributed by atoms with Gasteiger partial charge in [0.15, 0.2) is 9.84 Å². The predicted molar refractivity (Wildman–Crippen MR) is 183 cm³/mol. The maximum absolute atomic E-state index is 14.5. The topological polar surface area (TPSA) is 191 Å². The van der Waals surface area contributed by atoms with E-state index < -0.39 is 78.8 Å². The van der Waals surface area contributed by atoms with Gasteiger partial charge in [0.05, 0.1) is 22.1 Å². The van der Waals surface area contributed by atoms with E-state index in [1.54, 1.807) is 20.8 Å². The molecule has 4 atom stereocenters. The van der Waals surface area contributed by atoms with Crippen LogP contribution in [0.25, 0.3) is 0 Å². The average Bonchev–Trinajstić information content (AvgIpc) is 3.80. The lowest BCUT2D eigenvalue weighted by Gasteiger charge is -2.45. The van der Waals surface area contributed by atoms with E-state index in [4.69, 9.17) is 0 Å². The summed E-state index contributed by atoms with van der Waals surface area (Å²) < 4.78 is 25.6. The minimum absolute atomic E-state index is 0.0200. The lowest BCUT2D eigenvalue weighted by Crippen LogP contribution is -2.69. The van der Waals surface area contributed by atoms with Gasteiger partial charge in [0.2, 0.25) is 17.6 Å². The van der Waals surface area contributed by atoms with Crippen LogP contribution in [-0.4, -0.2) is 100 Å². The Kier molecular flexibility index (Phi) is 9.56. The number of aliphatic hydroxyl groups excluding tert-OH is 1. The molecule has 5 N–H and O–H groups in total. The maximum Gasteiger partial charge on any atom is 0.315 e. The van der Waals surface area contributed by atoms with Crippen LogP contribution in [0, 0.1) is 22.7 Å². The summed E-state index contributed by atoms with van der Waals surface area (Å²) in [6.45, 7) is 14.7. The maximum atomic E-state index is 14.5. The highest BCUT2D eigenvalue weighted by atomic mass is 32.2. The molecule has 0 radical (unpaired) electrons. The van der Waals surface area contributed by atoms with Gasteiger partial charge in [-0.3, -0.25) is 19.2 Å². The molecule has 49 heavy (non-hydrogen) atoms. The van der Waals surface area contributed by atoms with Crippen molar-refractivity contribution in [3.8, 4) is 0 Å². The van der Waals surface area contributed by atoms with Crippen molar-refractivity contribution in [2.45, 2.75) is 153 Å². The van der Waals surface area contributed by atoms with Crippen molar-refractivity contribution in [2.75, 3.05) is 12.3 Å². The predicted octanol–water partition coefficient (Wildman–Crippen LogP) is 1.96. The van der Waals surface area contributed by atoms with Crippen molar-refractivity contribution < 1.29 is 37.5 Å². The zero-order valence-corrected chi connectivity index (χ0v) is 31.2. The fourth-order valence-electron chi connectivity index (χ4n) is 8.24. The first-order valence-electron chi connectivity index (χ1n) is 17.9. The summed E-state index contributed by atoms with van der Waals surface area (Å²) in [6.07, 6.45) is 4.05. The fraction of sp³-hybridized carbons (Fsp3) is 0.857. The Morgan fingerprint density at radius 1 is 0.918 bits per heavy atom. The number of hydrogen-bond donors (Lipinski definition) is 5. The molecule has 5 rings (SSSR count). The third-order valence-corrected chi connectivity index (χ3v) is 14.6. The first-order chi connectivity index (χ1) is 22.4. The summed E-state index contributed by atoms with van der Waals surface area (Å²) >= 11 is 0. The van der Waals surface area contributed by atoms with E-state index in [0.717, 1.165) is 32.1 Å². The summed E-state index contributed by atoms with van der Waals surface area (Å²) in [7, 11) is -3.57. The minimum atomic E-state index is -3.57. The van der Waals surface area contributed by atoms with E-state index in [2.05, 4.69) is 21.3 Å². The molecule has 4 aliphatic carbocycles. The van der Waals surface area contributed by atoms with Crippen LogP contribution in [0.15, 0.2) is 0 Å². The number of likely N-dealkylation sites (tertiary alicyclic amines) is 1. The van der Waals surface area contributed by atoms with Crippen LogP contribution in [0.4, 0.5) is 4.79 Å². The molecule has 276 valence electrons. The van der Waals surface area contributed by atoms with Crippen molar-refractivity contribution in [1.29, 1.82) is 0 Å². The van der Waals surface area contributed by atoms with Gasteiger partial charge < -0.3 is 31.3 Å². The second-order valence-electron chi connectivity index (χ2n) is 18.2. The number of amides is 5. The smallest absolute Gasteiger partial charge is 0.315 e. The second-order valence-corrected chi connectivity index (χ2v) is 21.0. The molecule has 5 fully saturated rings. The number of carbonyl (C=O) groups is 5. The largest absolute Gasteiger partial charge is 0.393 e. The molecule has 0 aromatic heterocycles. The number of nitrogens with one attached hydrogen (secondary N) is 4. The van der Waals surface area contributed by atoms with E-state index in [9.17, 15) is 37.5 Å². The van der Waals surface area contributed by atoms with E-state index >= 15 is 0 Å². The summed E-state index contributed by atoms with van der Waals surface area (Å²) in [5.74, 6) is -2.97. The van der Waals surface area contributed by atoms with Crippen molar-refractivity contribution in [3.05, 3.63) is 0 Å². The minimum Gasteiger partial charge on any atom is -0.393 e. The Balaban J connectivity index is 1.35. The number of fused-ring (bicyclic) bond motifs is 1. The van der Waals surface area contributed by atoms with E-state index in [0.29, 0.717) is 12.8 Å². The van der Waals surface area contributed by atoms with Crippen molar-refractivity contribution >= 4 is 39.4 Å². The normalized spacial score (nSPS) is 31.0. The molecule has 5 amide bonds. The summed E-state index contributed by atoms with van der Waals surface area (Å²) in [5.41, 5.74) is -3.55. The van der Waals surface area contributed by atoms with Gasteiger partial charge in [-0.15, -0.1) is 0 Å². The van der Waals surface area contributed by atoms with Crippen LogP contribution in [0.2, 0.25) is 0 Å². The Morgan fingerprint density at radius 3 is 2.02 bits per heavy atom. The standard InChI is InChI=1S/C35H57N5O8S/c1-31(2,3)25(37-30(46)39-34(14-10-9-11-15-34)19-49(47,48)32(4,5)6)29(45)40-18-22-23(33(22,7)8)24(40)27(43)38-35(16-21(41)17-35)26(42)28(44)36-20-12-13-20/h20-25,41H,9-19H2,1-8H3,(H,36,44)(H,38,43)(H2,37,39,46)/t21?,22-,23-,24-,25+,35?/m0/s1. The molecule has 1 heterocycles. The number of piperidine rings is 1. The first-order valence-corrected chi connectivity index (χ1v) is 19.6. The monoisotopic (exact) mass is 707 g/mol. The van der Waals surface area contributed by atoms with Crippen LogP contribution in [-0.2, 0) is 29.0 Å². The highest BCUT2D eigenvalue weighted by molar-refractivity contribution is 7.92. The molecule has 5 aliphatic rings. The molecule has 0 bridgehead atoms. The lowest BCUT2D eigenvalue weighted by molar-refractivity contribution is -0.152. The molecule has 4 saturated carbocycles. The summed E-state index contributed by atoms with van der Waals surface area (Å²) in [6, 6.07) is -2.70. The Labute approximate surface area is 290 Å². The van der Waals surface area contributed by atoms with Gasteiger partial charge in [-0.05, 0) is 69.1 Å². The zero-order valence-electron chi connectivity index (χ0n) is 30.4. The Bertz CT molecular complexity index is 1480. The van der Waals surface area contributed by atoms with Crippen molar-refractivity contribution in [2.24, 2.45) is 22.7 Å². The highest BCUT2D eigenvalue weighted by Gasteiger charge is 2.70. The zero-order chi connectivity index (χ0) is 36.5. The molecule has 14 heteroatoms. The van der Waals surface area contributed by atoms with E-state index in [1.807, 2.05) is 34.6 Å². The third kappa shape index (κ3) is 7.36. The third-order valence-electron chi connectivity index (χ3n) is 11.8. The molecule has 1 aliphatic heterocycles. The summed E-state index contributed by atoms with van der Waals surface area (Å²) in [5, 5.41) is 21.5. The van der Waals surface area contributed by atoms with Gasteiger partial charge in [-0.1, -0.05) is 53.9 Å². The number of hydrogen-bond acceptors (Lipinski definition) is 8. The first kappa shape index (κ1) is 37.5. The molecule has 1 saturated heterocycles.